The van der Waals surface area contributed by atoms with E-state index in [2.05, 4.69) is 21.2 Å². The van der Waals surface area contributed by atoms with E-state index in [9.17, 15) is 9.90 Å². The molecule has 130 valence electrons. The summed E-state index contributed by atoms with van der Waals surface area (Å²) < 4.78 is 5.96. The Morgan fingerprint density at radius 3 is 2.48 bits per heavy atom. The molecule has 2 rings (SSSR count). The Balaban J connectivity index is 2.11. The van der Waals surface area contributed by atoms with Crippen molar-refractivity contribution >= 4 is 45.1 Å². The van der Waals surface area contributed by atoms with Crippen LogP contribution in [0.25, 0.3) is 5.76 Å². The fourth-order valence-corrected chi connectivity index (χ4v) is 2.43. The molecule has 0 unspecified atom stereocenters. The minimum Gasteiger partial charge on any atom is -0.505 e. The van der Waals surface area contributed by atoms with Crippen LogP contribution in [0.3, 0.4) is 0 Å². The van der Waals surface area contributed by atoms with Gasteiger partial charge in [0, 0.05) is 20.6 Å². The number of alkyl carbamates (subject to hydrolysis) is 1. The molecule has 0 radical (unpaired) electrons. The van der Waals surface area contributed by atoms with E-state index in [1.165, 1.54) is 6.92 Å². The molecule has 0 heterocycles. The van der Waals surface area contributed by atoms with Gasteiger partial charge in [0.25, 0.3) is 0 Å². The van der Waals surface area contributed by atoms with E-state index in [1.807, 2.05) is 0 Å². The van der Waals surface area contributed by atoms with Crippen LogP contribution >= 0.6 is 27.5 Å². The van der Waals surface area contributed by atoms with E-state index >= 15 is 0 Å². The lowest BCUT2D eigenvalue weighted by Gasteiger charge is -2.13. The molecule has 0 aliphatic carbocycles. The first-order valence-electron chi connectivity index (χ1n) is 7.30. The highest BCUT2D eigenvalue weighted by Crippen LogP contribution is 2.19. The number of nitrogens with one attached hydrogen (secondary N) is 2. The zero-order chi connectivity index (χ0) is 18.4. The number of carbonyl (C=O) groups is 1. The number of hydrogen-bond donors (Lipinski definition) is 3. The van der Waals surface area contributed by atoms with Crippen LogP contribution in [0.2, 0.25) is 5.02 Å². The molecule has 25 heavy (non-hydrogen) atoms. The van der Waals surface area contributed by atoms with E-state index in [4.69, 9.17) is 21.7 Å². The first-order valence-corrected chi connectivity index (χ1v) is 8.47. The van der Waals surface area contributed by atoms with Gasteiger partial charge in [0.05, 0.1) is 5.71 Å². The van der Waals surface area contributed by atoms with Gasteiger partial charge in [-0.1, -0.05) is 57.9 Å². The summed E-state index contributed by atoms with van der Waals surface area (Å²) in [4.78, 5) is 12.0. The average Bonchev–Trinajstić information content (AvgIpc) is 2.59. The molecule has 2 aromatic carbocycles. The molecule has 0 fully saturated rings. The molecule has 0 saturated heterocycles. The molecule has 0 aromatic heterocycles. The number of rotatable bonds is 5. The fourth-order valence-electron chi connectivity index (χ4n) is 1.98. The monoisotopic (exact) mass is 422 g/mol. The van der Waals surface area contributed by atoms with Gasteiger partial charge in [-0.2, -0.15) is 0 Å². The zero-order valence-electron chi connectivity index (χ0n) is 13.3. The van der Waals surface area contributed by atoms with Gasteiger partial charge in [-0.3, -0.25) is 5.32 Å². The Bertz CT molecular complexity index is 819. The zero-order valence-corrected chi connectivity index (χ0v) is 15.7. The summed E-state index contributed by atoms with van der Waals surface area (Å²) in [5.41, 5.74) is 1.10. The summed E-state index contributed by atoms with van der Waals surface area (Å²) in [5, 5.41) is 21.0. The van der Waals surface area contributed by atoms with Gasteiger partial charge < -0.3 is 15.3 Å². The summed E-state index contributed by atoms with van der Waals surface area (Å²) >= 11 is 9.32. The molecular formula is C18H16BrClN2O3. The van der Waals surface area contributed by atoms with E-state index in [-0.39, 0.29) is 23.8 Å². The predicted molar refractivity (Wildman–Crippen MR) is 102 cm³/mol. The summed E-state index contributed by atoms with van der Waals surface area (Å²) in [7, 11) is 0. The summed E-state index contributed by atoms with van der Waals surface area (Å²) in [6, 6.07) is 13.8. The number of carbonyl (C=O) groups excluding carboxylic acids is 1. The number of allylic oxidation sites excluding steroid dienone is 1. The molecule has 5 nitrogen and oxygen atoms in total. The van der Waals surface area contributed by atoms with Crippen molar-refractivity contribution in [1.29, 1.82) is 5.41 Å². The molecule has 2 aromatic rings. The van der Waals surface area contributed by atoms with Crippen LogP contribution in [-0.4, -0.2) is 16.9 Å². The maximum atomic E-state index is 12.0. The van der Waals surface area contributed by atoms with Crippen LogP contribution < -0.4 is 5.32 Å². The SMILES string of the molecule is CC(=N)/C(NC(=O)OCc1ccccc1Cl)=C(\O)c1ccc(Br)cc1. The molecular weight excluding hydrogens is 408 g/mol. The van der Waals surface area contributed by atoms with E-state index < -0.39 is 6.09 Å². The van der Waals surface area contributed by atoms with Crippen molar-refractivity contribution in [2.75, 3.05) is 0 Å². The third kappa shape index (κ3) is 5.34. The average molecular weight is 424 g/mol. The number of ether oxygens (including phenoxy) is 1. The number of benzene rings is 2. The summed E-state index contributed by atoms with van der Waals surface area (Å²) in [5.74, 6) is -0.213. The third-order valence-corrected chi connectivity index (χ3v) is 4.17. The molecule has 3 N–H and O–H groups in total. The second-order valence-electron chi connectivity index (χ2n) is 5.15. The van der Waals surface area contributed by atoms with Crippen LogP contribution in [-0.2, 0) is 11.3 Å². The molecule has 0 atom stereocenters. The highest BCUT2D eigenvalue weighted by Gasteiger charge is 2.15. The smallest absolute Gasteiger partial charge is 0.412 e. The minimum atomic E-state index is -0.787. The molecule has 0 bridgehead atoms. The lowest BCUT2D eigenvalue weighted by Crippen LogP contribution is -2.28. The first kappa shape index (κ1) is 19.0. The Kier molecular flexibility index (Phi) is 6.61. The highest BCUT2D eigenvalue weighted by molar-refractivity contribution is 9.10. The minimum absolute atomic E-state index is 0.00453. The number of amides is 1. The van der Waals surface area contributed by atoms with Gasteiger partial charge in [-0.15, -0.1) is 0 Å². The molecule has 0 aliphatic rings. The largest absolute Gasteiger partial charge is 0.505 e. The topological polar surface area (TPSA) is 82.4 Å². The van der Waals surface area contributed by atoms with Crippen molar-refractivity contribution in [2.24, 2.45) is 0 Å². The van der Waals surface area contributed by atoms with Gasteiger partial charge in [-0.25, -0.2) is 4.79 Å². The third-order valence-electron chi connectivity index (χ3n) is 3.27. The highest BCUT2D eigenvalue weighted by atomic mass is 79.9. The Hall–Kier alpha value is -2.31. The standard InChI is InChI=1S/C18H16BrClN2O3/c1-11(21)16(17(23)12-6-8-14(19)9-7-12)22-18(24)25-10-13-4-2-3-5-15(13)20/h2-9,21,23H,10H2,1H3,(H,22,24)/b17-16+,21-11?. The van der Waals surface area contributed by atoms with Crippen LogP contribution in [0.1, 0.15) is 18.1 Å². The molecule has 0 aliphatic heterocycles. The van der Waals surface area contributed by atoms with Gasteiger partial charge in [-0.05, 0) is 25.1 Å². The molecule has 7 heteroatoms. The van der Waals surface area contributed by atoms with Crippen molar-refractivity contribution in [3.05, 3.63) is 74.9 Å². The van der Waals surface area contributed by atoms with E-state index in [0.29, 0.717) is 16.1 Å². The van der Waals surface area contributed by atoms with Crippen molar-refractivity contribution in [3.63, 3.8) is 0 Å². The normalized spacial score (nSPS) is 11.5. The van der Waals surface area contributed by atoms with Gasteiger partial charge in [0.1, 0.15) is 18.1 Å². The van der Waals surface area contributed by atoms with Crippen LogP contribution in [0, 0.1) is 5.41 Å². The van der Waals surface area contributed by atoms with E-state index in [0.717, 1.165) is 4.47 Å². The number of aliphatic hydroxyl groups excluding tert-OH is 1. The summed E-state index contributed by atoms with van der Waals surface area (Å²) in [6.45, 7) is 1.44. The Labute approximate surface area is 158 Å². The van der Waals surface area contributed by atoms with E-state index in [1.54, 1.807) is 48.5 Å². The van der Waals surface area contributed by atoms with Gasteiger partial charge in [0.15, 0.2) is 0 Å². The first-order chi connectivity index (χ1) is 11.9. The lowest BCUT2D eigenvalue weighted by molar-refractivity contribution is 0.143. The van der Waals surface area contributed by atoms with Crippen LogP contribution in [0.5, 0.6) is 0 Å². The Morgan fingerprint density at radius 1 is 1.24 bits per heavy atom. The van der Waals surface area contributed by atoms with Crippen LogP contribution in [0.4, 0.5) is 4.79 Å². The van der Waals surface area contributed by atoms with Crippen molar-refractivity contribution in [1.82, 2.24) is 5.32 Å². The molecule has 1 amide bonds. The van der Waals surface area contributed by atoms with Crippen molar-refractivity contribution in [2.45, 2.75) is 13.5 Å². The second kappa shape index (κ2) is 8.69. The quantitative estimate of drug-likeness (QED) is 0.451. The van der Waals surface area contributed by atoms with Gasteiger partial charge >= 0.3 is 6.09 Å². The predicted octanol–water partition coefficient (Wildman–Crippen LogP) is 5.30. The number of hydrogen-bond acceptors (Lipinski definition) is 4. The maximum absolute atomic E-state index is 12.0. The molecule has 0 spiro atoms. The summed E-state index contributed by atoms with van der Waals surface area (Å²) in [6.07, 6.45) is -0.787. The van der Waals surface area contributed by atoms with Crippen LogP contribution in [0.15, 0.2) is 58.7 Å². The fraction of sp³-hybridized carbons (Fsp3) is 0.111. The maximum Gasteiger partial charge on any atom is 0.412 e. The second-order valence-corrected chi connectivity index (χ2v) is 6.47. The van der Waals surface area contributed by atoms with Crippen molar-refractivity contribution < 1.29 is 14.6 Å². The van der Waals surface area contributed by atoms with Gasteiger partial charge in [0.2, 0.25) is 0 Å². The van der Waals surface area contributed by atoms with Crippen molar-refractivity contribution in [3.8, 4) is 0 Å². The lowest BCUT2D eigenvalue weighted by atomic mass is 10.1. The Morgan fingerprint density at radius 2 is 1.88 bits per heavy atom. The molecule has 0 saturated carbocycles. The number of aliphatic hydroxyl groups is 1. The number of halogens is 2.